The second kappa shape index (κ2) is 10.8. The van der Waals surface area contributed by atoms with Crippen LogP contribution in [0, 0.1) is 0 Å². The summed E-state index contributed by atoms with van der Waals surface area (Å²) in [4.78, 5) is 12.4. The van der Waals surface area contributed by atoms with E-state index >= 15 is 0 Å². The molecule has 1 amide bonds. The van der Waals surface area contributed by atoms with Crippen LogP contribution in [0.4, 0.5) is 5.69 Å². The molecule has 0 bridgehead atoms. The number of benzene rings is 1. The fraction of sp³-hybridized carbons (Fsp3) is 0.588. The summed E-state index contributed by atoms with van der Waals surface area (Å²) >= 11 is 0. The van der Waals surface area contributed by atoms with Crippen molar-refractivity contribution in [2.24, 2.45) is 0 Å². The summed E-state index contributed by atoms with van der Waals surface area (Å²) in [5, 5.41) is 5.81. The van der Waals surface area contributed by atoms with Gasteiger partial charge in [-0.2, -0.15) is 4.31 Å². The Bertz CT molecular complexity index is 719. The van der Waals surface area contributed by atoms with Crippen molar-refractivity contribution < 1.29 is 22.7 Å². The monoisotopic (exact) mass is 421 g/mol. The average Bonchev–Trinajstić information content (AvgIpc) is 2.64. The van der Waals surface area contributed by atoms with E-state index < -0.39 is 16.1 Å². The highest BCUT2D eigenvalue weighted by molar-refractivity contribution is 7.89. The topological polar surface area (TPSA) is 97.0 Å². The lowest BCUT2D eigenvalue weighted by molar-refractivity contribution is -0.128. The zero-order valence-corrected chi connectivity index (χ0v) is 17.5. The van der Waals surface area contributed by atoms with Gasteiger partial charge in [0.05, 0.1) is 13.2 Å². The van der Waals surface area contributed by atoms with Gasteiger partial charge in [0, 0.05) is 31.9 Å². The molecule has 0 spiro atoms. The molecular formula is C17H28ClN3O5S. The van der Waals surface area contributed by atoms with Crippen LogP contribution in [0.2, 0.25) is 0 Å². The lowest BCUT2D eigenvalue weighted by atomic mass is 10.2. The van der Waals surface area contributed by atoms with Crippen LogP contribution in [0.25, 0.3) is 0 Å². The van der Waals surface area contributed by atoms with Gasteiger partial charge in [0.25, 0.3) is 5.91 Å². The summed E-state index contributed by atoms with van der Waals surface area (Å²) in [6.45, 7) is 7.98. The highest BCUT2D eigenvalue weighted by Gasteiger charge is 2.27. The van der Waals surface area contributed by atoms with E-state index in [1.807, 2.05) is 0 Å². The Morgan fingerprint density at radius 2 is 2.04 bits per heavy atom. The van der Waals surface area contributed by atoms with Crippen LogP contribution in [0.1, 0.15) is 20.8 Å². The Kier molecular flexibility index (Phi) is 9.48. The highest BCUT2D eigenvalue weighted by atomic mass is 35.5. The summed E-state index contributed by atoms with van der Waals surface area (Å²) < 4.78 is 38.1. The number of hydrogen-bond acceptors (Lipinski definition) is 6. The quantitative estimate of drug-likeness (QED) is 0.659. The molecule has 1 aromatic carbocycles. The molecule has 1 atom stereocenters. The molecule has 2 N–H and O–H groups in total. The summed E-state index contributed by atoms with van der Waals surface area (Å²) in [6.07, 6.45) is -0.599. The second-order valence-electron chi connectivity index (χ2n) is 5.74. The van der Waals surface area contributed by atoms with Crippen LogP contribution in [0.15, 0.2) is 23.1 Å². The molecule has 1 saturated heterocycles. The first-order valence-electron chi connectivity index (χ1n) is 8.84. The fourth-order valence-corrected chi connectivity index (χ4v) is 4.34. The molecule has 0 aromatic heterocycles. The van der Waals surface area contributed by atoms with Gasteiger partial charge in [-0.1, -0.05) is 13.8 Å². The van der Waals surface area contributed by atoms with Crippen LogP contribution in [-0.2, 0) is 19.6 Å². The van der Waals surface area contributed by atoms with E-state index in [-0.39, 0.29) is 29.0 Å². The normalized spacial score (nSPS) is 17.3. The molecule has 2 rings (SSSR count). The van der Waals surface area contributed by atoms with Gasteiger partial charge in [-0.3, -0.25) is 4.79 Å². The zero-order valence-electron chi connectivity index (χ0n) is 15.9. The number of halogens is 1. The van der Waals surface area contributed by atoms with Crippen LogP contribution < -0.4 is 15.4 Å². The molecule has 1 heterocycles. The smallest absolute Gasteiger partial charge is 0.254 e. The number of amides is 1. The van der Waals surface area contributed by atoms with Gasteiger partial charge in [0.15, 0.2) is 0 Å². The number of morpholine rings is 1. The third kappa shape index (κ3) is 5.79. The standard InChI is InChI=1S/C17H27N3O5S.ClH/c1-4-20(5-2)26(22,23)16-11-13(7-8-14(16)24-6-3)19-17(21)15-12-18-9-10-25-15;/h7-8,11,15,18H,4-6,9-10,12H2,1-3H3,(H,19,21);1H. The number of ether oxygens (including phenoxy) is 2. The Labute approximate surface area is 167 Å². The molecule has 0 aliphatic carbocycles. The van der Waals surface area contributed by atoms with E-state index in [1.165, 1.54) is 10.4 Å². The minimum absolute atomic E-state index is 0. The molecule has 0 saturated carbocycles. The first kappa shape index (κ1) is 23.6. The fourth-order valence-electron chi connectivity index (χ4n) is 2.72. The molecule has 154 valence electrons. The van der Waals surface area contributed by atoms with Crippen molar-refractivity contribution in [1.29, 1.82) is 0 Å². The minimum atomic E-state index is -3.72. The Morgan fingerprint density at radius 1 is 1.33 bits per heavy atom. The van der Waals surface area contributed by atoms with E-state index in [9.17, 15) is 13.2 Å². The van der Waals surface area contributed by atoms with Gasteiger partial charge in [0.2, 0.25) is 10.0 Å². The summed E-state index contributed by atoms with van der Waals surface area (Å²) in [6, 6.07) is 4.63. The number of anilines is 1. The molecule has 1 aromatic rings. The zero-order chi connectivity index (χ0) is 19.2. The number of nitrogens with one attached hydrogen (secondary N) is 2. The highest BCUT2D eigenvalue weighted by Crippen LogP contribution is 2.30. The molecule has 8 nitrogen and oxygen atoms in total. The molecule has 1 unspecified atom stereocenters. The predicted octanol–water partition coefficient (Wildman–Crippen LogP) is 1.46. The van der Waals surface area contributed by atoms with Crippen LogP contribution in [-0.4, -0.2) is 64.1 Å². The van der Waals surface area contributed by atoms with Gasteiger partial charge in [-0.15, -0.1) is 12.4 Å². The third-order valence-electron chi connectivity index (χ3n) is 4.05. The van der Waals surface area contributed by atoms with E-state index in [1.54, 1.807) is 32.9 Å². The van der Waals surface area contributed by atoms with Crippen LogP contribution in [0.5, 0.6) is 5.75 Å². The molecule has 1 aliphatic heterocycles. The summed E-state index contributed by atoms with van der Waals surface area (Å²) in [5.74, 6) is -0.0412. The van der Waals surface area contributed by atoms with Gasteiger partial charge < -0.3 is 20.1 Å². The molecular weight excluding hydrogens is 394 g/mol. The Balaban J connectivity index is 0.00000364. The lowest BCUT2D eigenvalue weighted by Gasteiger charge is -2.23. The molecule has 10 heteroatoms. The van der Waals surface area contributed by atoms with Gasteiger partial charge in [-0.25, -0.2) is 8.42 Å². The van der Waals surface area contributed by atoms with Gasteiger partial charge in [0.1, 0.15) is 16.7 Å². The van der Waals surface area contributed by atoms with Crippen LogP contribution in [0.3, 0.4) is 0 Å². The van der Waals surface area contributed by atoms with Gasteiger partial charge >= 0.3 is 0 Å². The van der Waals surface area contributed by atoms with E-state index in [2.05, 4.69) is 10.6 Å². The van der Waals surface area contributed by atoms with Crippen LogP contribution >= 0.6 is 12.4 Å². The van der Waals surface area contributed by atoms with Crippen molar-refractivity contribution in [2.45, 2.75) is 31.8 Å². The summed E-state index contributed by atoms with van der Waals surface area (Å²) in [5.41, 5.74) is 0.387. The molecule has 27 heavy (non-hydrogen) atoms. The second-order valence-corrected chi connectivity index (χ2v) is 7.64. The number of carbonyl (C=O) groups is 1. The van der Waals surface area contributed by atoms with Crippen molar-refractivity contribution >= 4 is 34.0 Å². The van der Waals surface area contributed by atoms with Crippen molar-refractivity contribution in [2.75, 3.05) is 44.7 Å². The van der Waals surface area contributed by atoms with E-state index in [4.69, 9.17) is 9.47 Å². The number of hydrogen-bond donors (Lipinski definition) is 2. The first-order chi connectivity index (χ1) is 12.4. The number of nitrogens with zero attached hydrogens (tertiary/aromatic N) is 1. The molecule has 1 fully saturated rings. The number of sulfonamides is 1. The van der Waals surface area contributed by atoms with Crippen molar-refractivity contribution in [3.05, 3.63) is 18.2 Å². The van der Waals surface area contributed by atoms with Gasteiger partial charge in [-0.05, 0) is 25.1 Å². The maximum atomic E-state index is 12.9. The maximum absolute atomic E-state index is 12.9. The van der Waals surface area contributed by atoms with Crippen molar-refractivity contribution in [3.8, 4) is 5.75 Å². The average molecular weight is 422 g/mol. The summed E-state index contributed by atoms with van der Waals surface area (Å²) in [7, 11) is -3.72. The van der Waals surface area contributed by atoms with Crippen molar-refractivity contribution in [3.63, 3.8) is 0 Å². The predicted molar refractivity (Wildman–Crippen MR) is 106 cm³/mol. The largest absolute Gasteiger partial charge is 0.492 e. The third-order valence-corrected chi connectivity index (χ3v) is 6.13. The van der Waals surface area contributed by atoms with Crippen molar-refractivity contribution in [1.82, 2.24) is 9.62 Å². The molecule has 1 aliphatic rings. The Morgan fingerprint density at radius 3 is 2.59 bits per heavy atom. The SMILES string of the molecule is CCOc1ccc(NC(=O)C2CNCCO2)cc1S(=O)(=O)N(CC)CC.Cl. The van der Waals surface area contributed by atoms with E-state index in [0.29, 0.717) is 45.1 Å². The number of carbonyl (C=O) groups excluding carboxylic acids is 1. The first-order valence-corrected chi connectivity index (χ1v) is 10.3. The lowest BCUT2D eigenvalue weighted by Crippen LogP contribution is -2.45. The maximum Gasteiger partial charge on any atom is 0.254 e. The minimum Gasteiger partial charge on any atom is -0.492 e. The number of rotatable bonds is 8. The Hall–Kier alpha value is -1.39. The van der Waals surface area contributed by atoms with E-state index in [0.717, 1.165) is 0 Å². The molecule has 0 radical (unpaired) electrons.